The number of hydrogen-bond donors (Lipinski definition) is 1. The first-order chi connectivity index (χ1) is 17.9. The summed E-state index contributed by atoms with van der Waals surface area (Å²) in [6.45, 7) is 8.67. The van der Waals surface area contributed by atoms with E-state index in [0.29, 0.717) is 36.7 Å². The van der Waals surface area contributed by atoms with Crippen molar-refractivity contribution in [2.24, 2.45) is 7.05 Å². The molecule has 0 aliphatic heterocycles. The predicted octanol–water partition coefficient (Wildman–Crippen LogP) is 5.12. The average Bonchev–Trinajstić information content (AvgIpc) is 3.33. The molecule has 8 heteroatoms. The first-order valence-corrected chi connectivity index (χ1v) is 13.5. The van der Waals surface area contributed by atoms with Gasteiger partial charge in [0.05, 0.1) is 45.7 Å². The van der Waals surface area contributed by atoms with Crippen LogP contribution in [0.1, 0.15) is 67.6 Å². The van der Waals surface area contributed by atoms with E-state index >= 15 is 0 Å². The monoisotopic (exact) mass is 520 g/mol. The van der Waals surface area contributed by atoms with Gasteiger partial charge in [-0.15, -0.1) is 0 Å². The third kappa shape index (κ3) is 5.55. The Kier molecular flexibility index (Phi) is 7.83. The minimum absolute atomic E-state index is 0.137. The summed E-state index contributed by atoms with van der Waals surface area (Å²) < 4.78 is 10.3. The summed E-state index contributed by atoms with van der Waals surface area (Å²) in [5.41, 5.74) is 6.79. The van der Waals surface area contributed by atoms with Crippen LogP contribution in [0.2, 0.25) is 0 Å². The van der Waals surface area contributed by atoms with Gasteiger partial charge in [0.25, 0.3) is 0 Å². The molecule has 8 nitrogen and oxygen atoms in total. The predicted molar refractivity (Wildman–Crippen MR) is 152 cm³/mol. The molecular formula is C30H42N5O3+. The Bertz CT molecular complexity index is 1520. The van der Waals surface area contributed by atoms with Crippen LogP contribution in [0, 0.1) is 13.8 Å². The Morgan fingerprint density at radius 3 is 2.61 bits per heavy atom. The smallest absolute Gasteiger partial charge is 0.327 e. The van der Waals surface area contributed by atoms with Gasteiger partial charge in [0.2, 0.25) is 0 Å². The molecule has 2 atom stereocenters. The molecule has 204 valence electrons. The number of nitrogens with zero attached hydrogens (tertiary/aromatic N) is 4. The van der Waals surface area contributed by atoms with Gasteiger partial charge in [-0.05, 0) is 56.5 Å². The molecule has 0 radical (unpaired) electrons. The summed E-state index contributed by atoms with van der Waals surface area (Å²) in [7, 11) is 8.76. The number of fused-ring (bicyclic) bond motifs is 2. The molecule has 0 saturated carbocycles. The van der Waals surface area contributed by atoms with Crippen molar-refractivity contribution in [3.63, 3.8) is 0 Å². The second-order valence-corrected chi connectivity index (χ2v) is 11.5. The summed E-state index contributed by atoms with van der Waals surface area (Å²) in [4.78, 5) is 33.0. The van der Waals surface area contributed by atoms with E-state index in [0.717, 1.165) is 22.2 Å². The highest BCUT2D eigenvalue weighted by molar-refractivity contribution is 5.88. The van der Waals surface area contributed by atoms with Crippen molar-refractivity contribution in [2.75, 3.05) is 27.7 Å². The summed E-state index contributed by atoms with van der Waals surface area (Å²) in [6.07, 6.45) is 4.55. The van der Waals surface area contributed by atoms with Gasteiger partial charge in [-0.2, -0.15) is 0 Å². The van der Waals surface area contributed by atoms with Crippen LogP contribution in [-0.2, 0) is 23.0 Å². The van der Waals surface area contributed by atoms with Crippen LogP contribution < -0.4 is 5.69 Å². The van der Waals surface area contributed by atoms with Crippen LogP contribution in [0.3, 0.4) is 0 Å². The molecule has 2 unspecified atom stereocenters. The van der Waals surface area contributed by atoms with Crippen LogP contribution in [0.25, 0.3) is 22.1 Å². The number of aryl methyl sites for hydroxylation is 3. The minimum atomic E-state index is -0.299. The number of imidazole rings is 1. The molecule has 1 aromatic carbocycles. The van der Waals surface area contributed by atoms with E-state index in [-0.39, 0.29) is 24.1 Å². The van der Waals surface area contributed by atoms with Crippen molar-refractivity contribution >= 4 is 28.0 Å². The van der Waals surface area contributed by atoms with Gasteiger partial charge in [-0.25, -0.2) is 9.78 Å². The fourth-order valence-electron chi connectivity index (χ4n) is 5.34. The lowest BCUT2D eigenvalue weighted by Crippen LogP contribution is -2.37. The summed E-state index contributed by atoms with van der Waals surface area (Å²) >= 11 is 0. The highest BCUT2D eigenvalue weighted by Crippen LogP contribution is 2.34. The molecule has 0 amide bonds. The quantitative estimate of drug-likeness (QED) is 0.233. The zero-order valence-electron chi connectivity index (χ0n) is 24.1. The Morgan fingerprint density at radius 2 is 1.92 bits per heavy atom. The van der Waals surface area contributed by atoms with Gasteiger partial charge in [0.15, 0.2) is 5.65 Å². The van der Waals surface area contributed by atoms with Crippen molar-refractivity contribution in [1.82, 2.24) is 19.1 Å². The molecule has 0 saturated heterocycles. The van der Waals surface area contributed by atoms with Crippen molar-refractivity contribution in [2.45, 2.75) is 65.5 Å². The average molecular weight is 521 g/mol. The van der Waals surface area contributed by atoms with E-state index < -0.39 is 0 Å². The maximum Gasteiger partial charge on any atom is 0.327 e. The molecule has 0 fully saturated rings. The fraction of sp³-hybridized carbons (Fsp3) is 0.500. The maximum atomic E-state index is 12.9. The number of H-pyrrole nitrogens is 1. The van der Waals surface area contributed by atoms with E-state index in [4.69, 9.17) is 4.74 Å². The van der Waals surface area contributed by atoms with E-state index in [1.807, 2.05) is 26.0 Å². The van der Waals surface area contributed by atoms with Gasteiger partial charge in [0.1, 0.15) is 6.04 Å². The number of aromatic nitrogens is 4. The molecule has 0 bridgehead atoms. The van der Waals surface area contributed by atoms with Crippen molar-refractivity contribution in [3.8, 4) is 0 Å². The fourth-order valence-corrected chi connectivity index (χ4v) is 5.34. The van der Waals surface area contributed by atoms with E-state index in [9.17, 15) is 9.59 Å². The molecular weight excluding hydrogens is 478 g/mol. The molecule has 0 spiro atoms. The number of hydrogen-bond acceptors (Lipinski definition) is 4. The number of carbonyl (C=O) groups is 1. The standard InChI is InChI=1S/C30H41N5O3/c1-9-10-23(34-29-25(32-30(34)37)12-11-20(3)31-29)17-27(36)38-14-13-22-15-19(2)28-24(21(4)35(6,7)8)18-33(5)26(28)16-22/h11-12,15-16,18,21,23H,9-10,13-14,17H2,1-8H3/p+1. The molecule has 4 aromatic rings. The Morgan fingerprint density at radius 1 is 1.18 bits per heavy atom. The van der Waals surface area contributed by atoms with Gasteiger partial charge < -0.3 is 18.8 Å². The Hall–Kier alpha value is -3.39. The van der Waals surface area contributed by atoms with Gasteiger partial charge in [-0.3, -0.25) is 9.36 Å². The number of benzene rings is 1. The molecule has 1 N–H and O–H groups in total. The zero-order chi connectivity index (χ0) is 27.8. The number of aromatic amines is 1. The van der Waals surface area contributed by atoms with Gasteiger partial charge in [0, 0.05) is 41.8 Å². The third-order valence-corrected chi connectivity index (χ3v) is 7.73. The highest BCUT2D eigenvalue weighted by Gasteiger charge is 2.26. The Balaban J connectivity index is 1.46. The first kappa shape index (κ1) is 27.6. The first-order valence-electron chi connectivity index (χ1n) is 13.5. The lowest BCUT2D eigenvalue weighted by atomic mass is 9.98. The van der Waals surface area contributed by atoms with Crippen LogP contribution in [0.15, 0.2) is 35.3 Å². The van der Waals surface area contributed by atoms with Crippen molar-refractivity contribution < 1.29 is 14.0 Å². The summed E-state index contributed by atoms with van der Waals surface area (Å²) in [5.74, 6) is -0.298. The number of esters is 1. The van der Waals surface area contributed by atoms with Crippen molar-refractivity contribution in [1.29, 1.82) is 0 Å². The lowest BCUT2D eigenvalue weighted by Gasteiger charge is -2.31. The number of rotatable bonds is 10. The number of nitrogens with one attached hydrogen (secondary N) is 1. The van der Waals surface area contributed by atoms with Crippen molar-refractivity contribution in [3.05, 3.63) is 63.3 Å². The molecule has 3 heterocycles. The second kappa shape index (κ2) is 10.8. The SMILES string of the molecule is CCCC(CC(=O)OCCc1cc(C)c2c(C(C)[N+](C)(C)C)cn(C)c2c1)n1c(=O)[nH]c2ccc(C)nc21. The van der Waals surface area contributed by atoms with Crippen LogP contribution in [0.4, 0.5) is 0 Å². The van der Waals surface area contributed by atoms with E-state index in [2.05, 4.69) is 74.9 Å². The topological polar surface area (TPSA) is 81.9 Å². The molecule has 4 rings (SSSR count). The van der Waals surface area contributed by atoms with Crippen LogP contribution >= 0.6 is 0 Å². The molecule has 0 aliphatic rings. The molecule has 38 heavy (non-hydrogen) atoms. The third-order valence-electron chi connectivity index (χ3n) is 7.73. The number of carbonyl (C=O) groups excluding carboxylic acids is 1. The summed E-state index contributed by atoms with van der Waals surface area (Å²) in [6, 6.07) is 8.21. The summed E-state index contributed by atoms with van der Waals surface area (Å²) in [5, 5.41) is 1.31. The number of pyridine rings is 1. The maximum absolute atomic E-state index is 12.9. The lowest BCUT2D eigenvalue weighted by molar-refractivity contribution is -0.900. The largest absolute Gasteiger partial charge is 0.465 e. The van der Waals surface area contributed by atoms with Crippen LogP contribution in [-0.4, -0.2) is 57.3 Å². The number of quaternary nitrogens is 1. The van der Waals surface area contributed by atoms with E-state index in [1.54, 1.807) is 4.57 Å². The minimum Gasteiger partial charge on any atom is -0.465 e. The highest BCUT2D eigenvalue weighted by atomic mass is 16.5. The molecule has 0 aliphatic carbocycles. The molecule has 3 aromatic heterocycles. The normalized spacial score (nSPS) is 13.8. The van der Waals surface area contributed by atoms with E-state index in [1.165, 1.54) is 22.0 Å². The van der Waals surface area contributed by atoms with Gasteiger partial charge >= 0.3 is 11.7 Å². The Labute approximate surface area is 224 Å². The second-order valence-electron chi connectivity index (χ2n) is 11.5. The zero-order valence-corrected chi connectivity index (χ0v) is 24.1. The van der Waals surface area contributed by atoms with Gasteiger partial charge in [-0.1, -0.05) is 19.4 Å². The van der Waals surface area contributed by atoms with Crippen LogP contribution in [0.5, 0.6) is 0 Å². The number of ether oxygens (including phenoxy) is 1.